The first-order valence-electron chi connectivity index (χ1n) is 9.92. The van der Waals surface area contributed by atoms with Crippen molar-refractivity contribution in [2.24, 2.45) is 4.99 Å². The van der Waals surface area contributed by atoms with Gasteiger partial charge in [0, 0.05) is 33.8 Å². The third-order valence-electron chi connectivity index (χ3n) is 8.02. The van der Waals surface area contributed by atoms with Crippen molar-refractivity contribution in [2.75, 3.05) is 38.0 Å². The fourth-order valence-electron chi connectivity index (χ4n) is 4.56. The number of nitrogens with zero attached hydrogens (tertiary/aromatic N) is 5. The average molecular weight is 372 g/mol. The zero-order valence-corrected chi connectivity index (χ0v) is 19.3. The summed E-state index contributed by atoms with van der Waals surface area (Å²) < 4.78 is 0. The van der Waals surface area contributed by atoms with Crippen molar-refractivity contribution in [3.8, 4) is 0 Å². The number of hydrogen-bond acceptors (Lipinski definition) is 3. The van der Waals surface area contributed by atoms with Crippen molar-refractivity contribution in [2.45, 2.75) is 72.6 Å². The van der Waals surface area contributed by atoms with Gasteiger partial charge in [0.25, 0.3) is 0 Å². The van der Waals surface area contributed by atoms with Gasteiger partial charge >= 0.3 is 0 Å². The molecule has 1 unspecified atom stereocenters. The van der Waals surface area contributed by atoms with Crippen molar-refractivity contribution in [3.63, 3.8) is 0 Å². The van der Waals surface area contributed by atoms with Crippen LogP contribution in [0.4, 0.5) is 17.1 Å². The summed E-state index contributed by atoms with van der Waals surface area (Å²) in [5.74, 6) is 1.04. The van der Waals surface area contributed by atoms with E-state index in [-0.39, 0.29) is 11.1 Å². The molecule has 1 aromatic carbocycles. The van der Waals surface area contributed by atoms with Gasteiger partial charge in [-0.2, -0.15) is 0 Å². The van der Waals surface area contributed by atoms with Gasteiger partial charge in [-0.1, -0.05) is 0 Å². The summed E-state index contributed by atoms with van der Waals surface area (Å²) >= 11 is 0. The van der Waals surface area contributed by atoms with E-state index in [4.69, 9.17) is 4.99 Å². The molecule has 1 fully saturated rings. The van der Waals surface area contributed by atoms with Crippen LogP contribution in [-0.2, 0) is 0 Å². The molecule has 1 atom stereocenters. The Morgan fingerprint density at radius 3 is 1.56 bits per heavy atom. The van der Waals surface area contributed by atoms with Crippen LogP contribution >= 0.6 is 0 Å². The van der Waals surface area contributed by atoms with E-state index in [9.17, 15) is 0 Å². The van der Waals surface area contributed by atoms with Crippen LogP contribution in [0.15, 0.2) is 4.99 Å². The average Bonchev–Trinajstić information content (AvgIpc) is 2.88. The molecule has 5 nitrogen and oxygen atoms in total. The van der Waals surface area contributed by atoms with E-state index >= 15 is 0 Å². The number of anilines is 2. The Morgan fingerprint density at radius 1 is 0.704 bits per heavy atom. The molecular weight excluding hydrogens is 334 g/mol. The van der Waals surface area contributed by atoms with Crippen LogP contribution in [0.3, 0.4) is 0 Å². The molecule has 5 heteroatoms. The Bertz CT molecular complexity index is 799. The lowest BCUT2D eigenvalue weighted by Gasteiger charge is -2.40. The van der Waals surface area contributed by atoms with E-state index in [1.54, 1.807) is 0 Å². The molecule has 0 saturated carbocycles. The predicted molar refractivity (Wildman–Crippen MR) is 118 cm³/mol. The van der Waals surface area contributed by atoms with Gasteiger partial charge < -0.3 is 19.6 Å². The van der Waals surface area contributed by atoms with Crippen molar-refractivity contribution in [1.82, 2.24) is 9.80 Å². The van der Waals surface area contributed by atoms with Crippen LogP contribution in [0.5, 0.6) is 0 Å². The maximum Gasteiger partial charge on any atom is 0.202 e. The van der Waals surface area contributed by atoms with Crippen LogP contribution in [0.2, 0.25) is 0 Å². The van der Waals surface area contributed by atoms with Gasteiger partial charge in [0.05, 0.1) is 34.3 Å². The molecule has 27 heavy (non-hydrogen) atoms. The van der Waals surface area contributed by atoms with E-state index in [0.29, 0.717) is 6.17 Å². The summed E-state index contributed by atoms with van der Waals surface area (Å²) in [7, 11) is 8.70. The monoisotopic (exact) mass is 371 g/mol. The molecule has 0 bridgehead atoms. The SMILES string of the molecule is Cc1c(C)c2c(c(C)c1N=C1N(C)C(C)(C)C(C)(C)N1C)N(C)C(C)N2C. The lowest BCUT2D eigenvalue weighted by molar-refractivity contribution is 0.134. The highest BCUT2D eigenvalue weighted by atomic mass is 15.5. The predicted octanol–water partition coefficient (Wildman–Crippen LogP) is 4.27. The number of guanidine groups is 1. The third-order valence-corrected chi connectivity index (χ3v) is 8.02. The lowest BCUT2D eigenvalue weighted by atomic mass is 9.83. The Morgan fingerprint density at radius 2 is 1.11 bits per heavy atom. The minimum atomic E-state index is -0.000309. The number of benzene rings is 1. The maximum atomic E-state index is 5.26. The van der Waals surface area contributed by atoms with Crippen LogP contribution in [0, 0.1) is 20.8 Å². The standard InChI is InChI=1S/C22H37N5/c1-13-14(2)18-19(25(10)16(4)24(18)9)15(3)17(13)23-20-26(11)21(5,6)22(7,8)27(20)12/h16H,1-12H3. The first-order chi connectivity index (χ1) is 12.3. The van der Waals surface area contributed by atoms with Crippen LogP contribution < -0.4 is 9.80 Å². The Hall–Kier alpha value is -1.91. The highest BCUT2D eigenvalue weighted by molar-refractivity contribution is 5.92. The summed E-state index contributed by atoms with van der Waals surface area (Å²) in [6.07, 6.45) is 0.356. The van der Waals surface area contributed by atoms with Crippen LogP contribution in [0.1, 0.15) is 51.3 Å². The number of aliphatic imine (C=N–C) groups is 1. The van der Waals surface area contributed by atoms with E-state index < -0.39 is 0 Å². The number of rotatable bonds is 1. The van der Waals surface area contributed by atoms with E-state index in [0.717, 1.165) is 11.6 Å². The van der Waals surface area contributed by atoms with Crippen LogP contribution in [0.25, 0.3) is 0 Å². The van der Waals surface area contributed by atoms with Crippen molar-refractivity contribution in [3.05, 3.63) is 16.7 Å². The van der Waals surface area contributed by atoms with Crippen molar-refractivity contribution in [1.29, 1.82) is 0 Å². The van der Waals surface area contributed by atoms with Gasteiger partial charge in [-0.05, 0) is 66.5 Å². The van der Waals surface area contributed by atoms with Crippen molar-refractivity contribution >= 4 is 23.0 Å². The van der Waals surface area contributed by atoms with Crippen LogP contribution in [-0.4, -0.2) is 61.2 Å². The molecule has 0 radical (unpaired) electrons. The second-order valence-corrected chi connectivity index (χ2v) is 9.42. The third kappa shape index (κ3) is 2.33. The summed E-state index contributed by atoms with van der Waals surface area (Å²) in [5.41, 5.74) is 7.64. The fraction of sp³-hybridized carbons (Fsp3) is 0.682. The molecule has 1 aromatic rings. The Labute approximate surface area is 165 Å². The minimum absolute atomic E-state index is 0.000309. The summed E-state index contributed by atoms with van der Waals surface area (Å²) in [5, 5.41) is 0. The quantitative estimate of drug-likeness (QED) is 0.736. The molecule has 2 aliphatic heterocycles. The molecule has 0 aromatic heterocycles. The molecule has 0 amide bonds. The summed E-state index contributed by atoms with van der Waals surface area (Å²) in [6, 6.07) is 0. The lowest BCUT2D eigenvalue weighted by Crippen LogP contribution is -2.52. The minimum Gasteiger partial charge on any atom is -0.353 e. The molecule has 0 aliphatic carbocycles. The first-order valence-corrected chi connectivity index (χ1v) is 9.92. The molecular formula is C22H37N5. The fourth-order valence-corrected chi connectivity index (χ4v) is 4.56. The van der Waals surface area contributed by atoms with E-state index in [2.05, 4.69) is 103 Å². The molecule has 2 aliphatic rings. The molecule has 3 rings (SSSR count). The molecule has 0 spiro atoms. The van der Waals surface area contributed by atoms with Crippen molar-refractivity contribution < 1.29 is 0 Å². The second kappa shape index (κ2) is 5.79. The normalized spacial score (nSPS) is 23.4. The van der Waals surface area contributed by atoms with Gasteiger partial charge in [-0.15, -0.1) is 0 Å². The molecule has 150 valence electrons. The highest BCUT2D eigenvalue weighted by Gasteiger charge is 2.52. The van der Waals surface area contributed by atoms with E-state index in [1.807, 2.05) is 0 Å². The smallest absolute Gasteiger partial charge is 0.202 e. The summed E-state index contributed by atoms with van der Waals surface area (Å²) in [6.45, 7) is 18.1. The first kappa shape index (κ1) is 19.8. The summed E-state index contributed by atoms with van der Waals surface area (Å²) in [4.78, 5) is 14.7. The number of fused-ring (bicyclic) bond motifs is 1. The largest absolute Gasteiger partial charge is 0.353 e. The highest BCUT2D eigenvalue weighted by Crippen LogP contribution is 2.49. The van der Waals surface area contributed by atoms with Gasteiger partial charge in [-0.25, -0.2) is 4.99 Å². The zero-order valence-electron chi connectivity index (χ0n) is 19.3. The number of likely N-dealkylation sites (N-methyl/N-ethyl adjacent to an activating group) is 2. The Balaban J connectivity index is 2.24. The Kier molecular flexibility index (Phi) is 4.26. The molecule has 0 N–H and O–H groups in total. The zero-order chi connectivity index (χ0) is 20.6. The number of hydrogen-bond donors (Lipinski definition) is 0. The molecule has 2 heterocycles. The second-order valence-electron chi connectivity index (χ2n) is 9.42. The van der Waals surface area contributed by atoms with Gasteiger partial charge in [0.1, 0.15) is 0 Å². The maximum absolute atomic E-state index is 5.26. The topological polar surface area (TPSA) is 25.3 Å². The van der Waals surface area contributed by atoms with Gasteiger partial charge in [0.2, 0.25) is 5.96 Å². The van der Waals surface area contributed by atoms with Gasteiger partial charge in [0.15, 0.2) is 0 Å². The van der Waals surface area contributed by atoms with Gasteiger partial charge in [-0.3, -0.25) is 0 Å². The molecule has 1 saturated heterocycles. The van der Waals surface area contributed by atoms with E-state index in [1.165, 1.54) is 28.1 Å².